The van der Waals surface area contributed by atoms with E-state index in [1.807, 2.05) is 0 Å². The van der Waals surface area contributed by atoms with E-state index in [0.29, 0.717) is 23.2 Å². The minimum absolute atomic E-state index is 0.115. The van der Waals surface area contributed by atoms with Gasteiger partial charge in [-0.05, 0) is 43.1 Å². The van der Waals surface area contributed by atoms with Crippen LogP contribution < -0.4 is 15.6 Å². The number of hydrogen-bond donors (Lipinski definition) is 1. The number of fused-ring (bicyclic) bond motifs is 1. The number of nitrogens with zero attached hydrogens (tertiary/aromatic N) is 2. The molecule has 0 spiro atoms. The second kappa shape index (κ2) is 6.03. The molecule has 2 heterocycles. The smallest absolute Gasteiger partial charge is 0.262 e. The van der Waals surface area contributed by atoms with E-state index in [2.05, 4.69) is 10.3 Å². The highest BCUT2D eigenvalue weighted by Crippen LogP contribution is 2.23. The maximum Gasteiger partial charge on any atom is 0.262 e. The maximum absolute atomic E-state index is 12.6. The average molecular weight is 308 g/mol. The number of aromatic nitrogens is 2. The number of methoxy groups -OCH3 is 1. The van der Waals surface area contributed by atoms with Gasteiger partial charge in [-0.15, -0.1) is 0 Å². The van der Waals surface area contributed by atoms with Crippen molar-refractivity contribution in [1.82, 2.24) is 14.9 Å². The lowest BCUT2D eigenvalue weighted by Crippen LogP contribution is -2.40. The first-order chi connectivity index (χ1) is 10.2. The van der Waals surface area contributed by atoms with Gasteiger partial charge in [0.15, 0.2) is 0 Å². The number of hydrogen-bond acceptors (Lipinski definition) is 4. The average Bonchev–Trinajstić information content (AvgIpc) is 2.52. The molecule has 1 unspecified atom stereocenters. The summed E-state index contributed by atoms with van der Waals surface area (Å²) in [5, 5.41) is 4.17. The molecule has 0 bridgehead atoms. The third-order valence-corrected chi connectivity index (χ3v) is 4.23. The van der Waals surface area contributed by atoms with E-state index in [1.54, 1.807) is 29.9 Å². The fourth-order valence-corrected chi connectivity index (χ4v) is 3.05. The maximum atomic E-state index is 12.6. The first-order valence-corrected chi connectivity index (χ1v) is 7.55. The van der Waals surface area contributed by atoms with Crippen molar-refractivity contribution in [3.8, 4) is 5.75 Å². The van der Waals surface area contributed by atoms with Gasteiger partial charge in [0.2, 0.25) is 5.28 Å². The molecule has 0 radical (unpaired) electrons. The van der Waals surface area contributed by atoms with E-state index in [1.165, 1.54) is 12.8 Å². The number of nitrogens with one attached hydrogen (secondary N) is 1. The number of benzene rings is 1. The van der Waals surface area contributed by atoms with Crippen LogP contribution in [0.4, 0.5) is 0 Å². The van der Waals surface area contributed by atoms with Crippen LogP contribution in [0.2, 0.25) is 5.28 Å². The minimum atomic E-state index is -0.115. The summed E-state index contributed by atoms with van der Waals surface area (Å²) < 4.78 is 6.79. The lowest BCUT2D eigenvalue weighted by Gasteiger charge is -2.24. The first kappa shape index (κ1) is 14.4. The van der Waals surface area contributed by atoms with Gasteiger partial charge in [-0.2, -0.15) is 0 Å². The molecule has 1 aliphatic rings. The molecule has 21 heavy (non-hydrogen) atoms. The largest absolute Gasteiger partial charge is 0.494 e. The van der Waals surface area contributed by atoms with Crippen LogP contribution in [0.25, 0.3) is 10.9 Å². The molecule has 6 heteroatoms. The van der Waals surface area contributed by atoms with E-state index in [0.717, 1.165) is 13.0 Å². The third kappa shape index (κ3) is 2.76. The van der Waals surface area contributed by atoms with Gasteiger partial charge >= 0.3 is 0 Å². The summed E-state index contributed by atoms with van der Waals surface area (Å²) in [6.45, 7) is 1.55. The molecule has 0 aliphatic carbocycles. The molecule has 112 valence electrons. The lowest BCUT2D eigenvalue weighted by molar-refractivity contribution is 0.359. The van der Waals surface area contributed by atoms with Crippen molar-refractivity contribution in [2.24, 2.45) is 0 Å². The van der Waals surface area contributed by atoms with Crippen molar-refractivity contribution in [1.29, 1.82) is 0 Å². The van der Waals surface area contributed by atoms with Crippen LogP contribution in [0.15, 0.2) is 23.0 Å². The Morgan fingerprint density at radius 3 is 3.05 bits per heavy atom. The first-order valence-electron chi connectivity index (χ1n) is 7.17. The number of halogens is 1. The quantitative estimate of drug-likeness (QED) is 0.883. The Hall–Kier alpha value is -1.59. The van der Waals surface area contributed by atoms with Crippen LogP contribution in [0.5, 0.6) is 5.75 Å². The molecule has 0 amide bonds. The van der Waals surface area contributed by atoms with Crippen LogP contribution in [0.3, 0.4) is 0 Å². The molecular formula is C15H18ClN3O2. The van der Waals surface area contributed by atoms with Gasteiger partial charge < -0.3 is 10.1 Å². The lowest BCUT2D eigenvalue weighted by atomic mass is 10.1. The summed E-state index contributed by atoms with van der Waals surface area (Å²) >= 11 is 6.23. The van der Waals surface area contributed by atoms with Gasteiger partial charge in [0.25, 0.3) is 5.56 Å². The zero-order valence-corrected chi connectivity index (χ0v) is 12.7. The summed E-state index contributed by atoms with van der Waals surface area (Å²) in [7, 11) is 1.56. The van der Waals surface area contributed by atoms with E-state index < -0.39 is 0 Å². The molecule has 1 aromatic heterocycles. The van der Waals surface area contributed by atoms with Crippen molar-refractivity contribution in [2.75, 3.05) is 13.7 Å². The molecule has 1 aromatic carbocycles. The zero-order valence-electron chi connectivity index (χ0n) is 11.9. The predicted molar refractivity (Wildman–Crippen MR) is 83.2 cm³/mol. The number of para-hydroxylation sites is 1. The van der Waals surface area contributed by atoms with Gasteiger partial charge in [0, 0.05) is 12.6 Å². The highest BCUT2D eigenvalue weighted by molar-refractivity contribution is 6.28. The second-order valence-corrected chi connectivity index (χ2v) is 5.64. The van der Waals surface area contributed by atoms with Gasteiger partial charge in [-0.3, -0.25) is 9.36 Å². The fourth-order valence-electron chi connectivity index (χ4n) is 2.82. The van der Waals surface area contributed by atoms with E-state index in [4.69, 9.17) is 16.3 Å². The molecule has 3 rings (SSSR count). The van der Waals surface area contributed by atoms with Crippen LogP contribution in [-0.4, -0.2) is 29.2 Å². The Balaban J connectivity index is 2.05. The molecule has 0 saturated carbocycles. The predicted octanol–water partition coefficient (Wildman–Crippen LogP) is 2.20. The van der Waals surface area contributed by atoms with Gasteiger partial charge in [-0.25, -0.2) is 4.98 Å². The van der Waals surface area contributed by atoms with Gasteiger partial charge in [0.1, 0.15) is 11.3 Å². The van der Waals surface area contributed by atoms with E-state index >= 15 is 0 Å². The molecule has 1 fully saturated rings. The highest BCUT2D eigenvalue weighted by atomic mass is 35.5. The Bertz CT molecular complexity index is 708. The Morgan fingerprint density at radius 2 is 2.33 bits per heavy atom. The monoisotopic (exact) mass is 307 g/mol. The van der Waals surface area contributed by atoms with Crippen molar-refractivity contribution >= 4 is 22.5 Å². The number of piperidine rings is 1. The molecule has 5 nitrogen and oxygen atoms in total. The Labute approximate surface area is 127 Å². The fraction of sp³-hybridized carbons (Fsp3) is 0.467. The molecule has 2 aromatic rings. The third-order valence-electron chi connectivity index (χ3n) is 3.94. The van der Waals surface area contributed by atoms with Crippen LogP contribution in [0, 0.1) is 0 Å². The van der Waals surface area contributed by atoms with E-state index in [-0.39, 0.29) is 16.9 Å². The Kier molecular flexibility index (Phi) is 4.12. The SMILES string of the molecule is COc1cccc2c(=O)n(CC3CCCCN3)c(Cl)nc12. The molecular weight excluding hydrogens is 290 g/mol. The minimum Gasteiger partial charge on any atom is -0.494 e. The summed E-state index contributed by atoms with van der Waals surface area (Å²) in [5.74, 6) is 0.564. The van der Waals surface area contributed by atoms with Crippen molar-refractivity contribution in [3.63, 3.8) is 0 Å². The highest BCUT2D eigenvalue weighted by Gasteiger charge is 2.18. The van der Waals surface area contributed by atoms with Crippen molar-refractivity contribution in [3.05, 3.63) is 33.8 Å². The topological polar surface area (TPSA) is 56.1 Å². The summed E-state index contributed by atoms with van der Waals surface area (Å²) in [6.07, 6.45) is 3.42. The van der Waals surface area contributed by atoms with Crippen LogP contribution >= 0.6 is 11.6 Å². The second-order valence-electron chi connectivity index (χ2n) is 5.30. The summed E-state index contributed by atoms with van der Waals surface area (Å²) in [4.78, 5) is 17.0. The summed E-state index contributed by atoms with van der Waals surface area (Å²) in [6, 6.07) is 5.60. The molecule has 1 atom stereocenters. The van der Waals surface area contributed by atoms with Crippen LogP contribution in [-0.2, 0) is 6.54 Å². The number of rotatable bonds is 3. The standard InChI is InChI=1S/C15H18ClN3O2/c1-21-12-7-4-6-11-13(12)18-15(16)19(14(11)20)9-10-5-2-3-8-17-10/h4,6-7,10,17H,2-3,5,8-9H2,1H3. The van der Waals surface area contributed by atoms with E-state index in [9.17, 15) is 4.79 Å². The Morgan fingerprint density at radius 1 is 1.48 bits per heavy atom. The van der Waals surface area contributed by atoms with Crippen molar-refractivity contribution < 1.29 is 4.74 Å². The van der Waals surface area contributed by atoms with Crippen molar-refractivity contribution in [2.45, 2.75) is 31.8 Å². The molecule has 1 aliphatic heterocycles. The van der Waals surface area contributed by atoms with Gasteiger partial charge in [0.05, 0.1) is 12.5 Å². The summed E-state index contributed by atoms with van der Waals surface area (Å²) in [5.41, 5.74) is 0.402. The van der Waals surface area contributed by atoms with Crippen LogP contribution in [0.1, 0.15) is 19.3 Å². The zero-order chi connectivity index (χ0) is 14.8. The van der Waals surface area contributed by atoms with Gasteiger partial charge in [-0.1, -0.05) is 12.5 Å². The molecule has 1 N–H and O–H groups in total. The molecule has 1 saturated heterocycles. The number of ether oxygens (including phenoxy) is 1. The normalized spacial score (nSPS) is 18.9.